The molecular weight excluding hydrogens is 162 g/mol. The molecule has 0 aromatic rings. The average Bonchev–Trinajstić information content (AvgIpc) is 2.04. The lowest BCUT2D eigenvalue weighted by Gasteiger charge is -2.37. The first-order valence-corrected chi connectivity index (χ1v) is 5.18. The molecule has 0 aliphatic heterocycles. The summed E-state index contributed by atoms with van der Waals surface area (Å²) in [7, 11) is 7.58. The molecule has 2 nitrogen and oxygen atoms in total. The number of hydrogen-bond acceptors (Lipinski definition) is 2. The van der Waals surface area contributed by atoms with Gasteiger partial charge in [0, 0.05) is 20.3 Å². The van der Waals surface area contributed by atoms with Crippen molar-refractivity contribution < 1.29 is 4.74 Å². The maximum atomic E-state index is 4.25. The zero-order valence-electron chi connectivity index (χ0n) is 10.4. The molecule has 2 heteroatoms. The third-order valence-corrected chi connectivity index (χ3v) is 2.08. The highest BCUT2D eigenvalue weighted by atomic mass is 16.4. The summed E-state index contributed by atoms with van der Waals surface area (Å²) in [6.45, 7) is 6.32. The molecule has 0 radical (unpaired) electrons. The van der Waals surface area contributed by atoms with Crippen LogP contribution < -0.4 is 0 Å². The van der Waals surface area contributed by atoms with E-state index in [1.54, 1.807) is 14.2 Å². The van der Waals surface area contributed by atoms with E-state index in [1.165, 1.54) is 12.8 Å². The molecule has 0 saturated heterocycles. The third-order valence-electron chi connectivity index (χ3n) is 2.08. The van der Waals surface area contributed by atoms with Gasteiger partial charge in [0.05, 0.1) is 0 Å². The summed E-state index contributed by atoms with van der Waals surface area (Å²) >= 11 is 0. The first-order valence-electron chi connectivity index (χ1n) is 5.18. The molecule has 0 heterocycles. The van der Waals surface area contributed by atoms with Gasteiger partial charge in [-0.15, -0.1) is 0 Å². The first kappa shape index (κ1) is 15.4. The van der Waals surface area contributed by atoms with E-state index in [2.05, 4.69) is 30.7 Å². The summed E-state index contributed by atoms with van der Waals surface area (Å²) in [6, 6.07) is 0.894. The van der Waals surface area contributed by atoms with Crippen LogP contribution in [0.4, 0.5) is 0 Å². The topological polar surface area (TPSA) is 12.5 Å². The summed E-state index contributed by atoms with van der Waals surface area (Å²) in [5.41, 5.74) is 0. The lowest BCUT2D eigenvalue weighted by molar-refractivity contribution is 0.135. The van der Waals surface area contributed by atoms with Crippen molar-refractivity contribution in [1.82, 2.24) is 4.90 Å². The number of nitrogens with zero attached hydrogens (tertiary/aromatic N) is 1. The van der Waals surface area contributed by atoms with Crippen LogP contribution in [0.25, 0.3) is 0 Å². The van der Waals surface area contributed by atoms with Gasteiger partial charge in [0.15, 0.2) is 0 Å². The van der Waals surface area contributed by atoms with Crippen LogP contribution in [0.5, 0.6) is 0 Å². The molecule has 0 aromatic carbocycles. The maximum Gasteiger partial charge on any atom is 0.0351 e. The van der Waals surface area contributed by atoms with E-state index in [0.29, 0.717) is 0 Å². The van der Waals surface area contributed by atoms with Crippen molar-refractivity contribution in [3.05, 3.63) is 0 Å². The van der Waals surface area contributed by atoms with Crippen molar-refractivity contribution in [3.63, 3.8) is 0 Å². The predicted octanol–water partition coefficient (Wildman–Crippen LogP) is 2.64. The first-order chi connectivity index (χ1) is 6.11. The highest BCUT2D eigenvalue weighted by Crippen LogP contribution is 2.29. The normalized spacial score (nSPS) is 24.9. The molecular formula is C11H27NO. The molecule has 0 bridgehead atoms. The van der Waals surface area contributed by atoms with Gasteiger partial charge in [-0.05, 0) is 32.9 Å². The van der Waals surface area contributed by atoms with Gasteiger partial charge in [-0.25, -0.2) is 0 Å². The number of methoxy groups -OCH3 is 1. The zero-order chi connectivity index (χ0) is 10.9. The number of ether oxygens (including phenoxy) is 1. The Bertz CT molecular complexity index is 88.1. The Morgan fingerprint density at radius 1 is 1.08 bits per heavy atom. The van der Waals surface area contributed by atoms with Crippen LogP contribution in [0, 0.1) is 5.92 Å². The van der Waals surface area contributed by atoms with Gasteiger partial charge in [-0.1, -0.05) is 20.8 Å². The molecule has 0 aromatic heterocycles. The quantitative estimate of drug-likeness (QED) is 0.629. The van der Waals surface area contributed by atoms with Crippen molar-refractivity contribution >= 4 is 0 Å². The lowest BCUT2D eigenvalue weighted by atomic mass is 9.81. The smallest absolute Gasteiger partial charge is 0.0351 e. The standard InChI is InChI=1S/C7H15N.C2H6O.C2H6/c1-6-4-7(5-6)8(2)3;1-3-2;1-2/h6-7H,4-5H2,1-3H3;1-2H3;1-2H3. The summed E-state index contributed by atoms with van der Waals surface area (Å²) in [5.74, 6) is 0.988. The maximum absolute atomic E-state index is 4.25. The largest absolute Gasteiger partial charge is 0.388 e. The van der Waals surface area contributed by atoms with Crippen molar-refractivity contribution in [3.8, 4) is 0 Å². The van der Waals surface area contributed by atoms with E-state index in [1.807, 2.05) is 13.8 Å². The minimum atomic E-state index is 0.894. The highest BCUT2D eigenvalue weighted by Gasteiger charge is 2.26. The zero-order valence-corrected chi connectivity index (χ0v) is 10.4. The summed E-state index contributed by atoms with van der Waals surface area (Å²) < 4.78 is 4.25. The van der Waals surface area contributed by atoms with Gasteiger partial charge in [0.25, 0.3) is 0 Å². The molecule has 1 aliphatic carbocycles. The fourth-order valence-corrected chi connectivity index (χ4v) is 1.28. The molecule has 82 valence electrons. The van der Waals surface area contributed by atoms with E-state index >= 15 is 0 Å². The molecule has 0 spiro atoms. The van der Waals surface area contributed by atoms with Crippen molar-refractivity contribution in [2.75, 3.05) is 28.3 Å². The second-order valence-electron chi connectivity index (χ2n) is 3.60. The Balaban J connectivity index is 0. The Labute approximate surface area is 84.3 Å². The summed E-state index contributed by atoms with van der Waals surface area (Å²) in [5, 5.41) is 0. The third kappa shape index (κ3) is 8.26. The van der Waals surface area contributed by atoms with E-state index in [0.717, 1.165) is 12.0 Å². The van der Waals surface area contributed by atoms with Gasteiger partial charge < -0.3 is 9.64 Å². The van der Waals surface area contributed by atoms with E-state index < -0.39 is 0 Å². The van der Waals surface area contributed by atoms with Crippen LogP contribution in [-0.4, -0.2) is 39.3 Å². The summed E-state index contributed by atoms with van der Waals surface area (Å²) in [6.07, 6.45) is 2.82. The minimum Gasteiger partial charge on any atom is -0.388 e. The van der Waals surface area contributed by atoms with Crippen LogP contribution in [0.15, 0.2) is 0 Å². The van der Waals surface area contributed by atoms with Crippen LogP contribution in [0.2, 0.25) is 0 Å². The van der Waals surface area contributed by atoms with Crippen LogP contribution in [0.3, 0.4) is 0 Å². The fraction of sp³-hybridized carbons (Fsp3) is 1.00. The van der Waals surface area contributed by atoms with Gasteiger partial charge in [-0.3, -0.25) is 0 Å². The lowest BCUT2D eigenvalue weighted by Crippen LogP contribution is -2.38. The molecule has 1 saturated carbocycles. The van der Waals surface area contributed by atoms with Crippen molar-refractivity contribution in [1.29, 1.82) is 0 Å². The highest BCUT2D eigenvalue weighted by molar-refractivity contribution is 4.81. The van der Waals surface area contributed by atoms with Crippen LogP contribution in [-0.2, 0) is 4.74 Å². The molecule has 0 N–H and O–H groups in total. The molecule has 13 heavy (non-hydrogen) atoms. The molecule has 1 rings (SSSR count). The van der Waals surface area contributed by atoms with Crippen molar-refractivity contribution in [2.24, 2.45) is 5.92 Å². The molecule has 1 aliphatic rings. The van der Waals surface area contributed by atoms with Gasteiger partial charge in [-0.2, -0.15) is 0 Å². The van der Waals surface area contributed by atoms with Crippen molar-refractivity contribution in [2.45, 2.75) is 39.7 Å². The monoisotopic (exact) mass is 189 g/mol. The van der Waals surface area contributed by atoms with Gasteiger partial charge in [0.2, 0.25) is 0 Å². The SMILES string of the molecule is CC.CC1CC(N(C)C)C1.COC. The van der Waals surface area contributed by atoms with E-state index in [-0.39, 0.29) is 0 Å². The van der Waals surface area contributed by atoms with Gasteiger partial charge >= 0.3 is 0 Å². The Kier molecular flexibility index (Phi) is 11.8. The second kappa shape index (κ2) is 10.0. The molecule has 0 atom stereocenters. The second-order valence-corrected chi connectivity index (χ2v) is 3.60. The van der Waals surface area contributed by atoms with Gasteiger partial charge in [0.1, 0.15) is 0 Å². The fourth-order valence-electron chi connectivity index (χ4n) is 1.28. The molecule has 0 unspecified atom stereocenters. The molecule has 0 amide bonds. The average molecular weight is 189 g/mol. The minimum absolute atomic E-state index is 0.894. The Hall–Kier alpha value is -0.0800. The predicted molar refractivity (Wildman–Crippen MR) is 60.2 cm³/mol. The Morgan fingerprint density at radius 3 is 1.46 bits per heavy atom. The Morgan fingerprint density at radius 2 is 1.38 bits per heavy atom. The summed E-state index contributed by atoms with van der Waals surface area (Å²) in [4.78, 5) is 2.32. The molecule has 1 fully saturated rings. The van der Waals surface area contributed by atoms with Crippen LogP contribution in [0.1, 0.15) is 33.6 Å². The number of hydrogen-bond donors (Lipinski definition) is 0. The number of rotatable bonds is 1. The van der Waals surface area contributed by atoms with E-state index in [9.17, 15) is 0 Å². The van der Waals surface area contributed by atoms with E-state index in [4.69, 9.17) is 0 Å². The van der Waals surface area contributed by atoms with Crippen LogP contribution >= 0.6 is 0 Å².